The molecule has 2 fully saturated rings. The fourth-order valence-corrected chi connectivity index (χ4v) is 2.19. The molecule has 2 rings (SSSR count). The van der Waals surface area contributed by atoms with E-state index in [4.69, 9.17) is 11.5 Å². The summed E-state index contributed by atoms with van der Waals surface area (Å²) in [5.41, 5.74) is 11.8. The Morgan fingerprint density at radius 1 is 1.36 bits per heavy atom. The van der Waals surface area contributed by atoms with Gasteiger partial charge < -0.3 is 16.8 Å². The lowest BCUT2D eigenvalue weighted by Crippen LogP contribution is -2.67. The molecule has 2 heterocycles. The van der Waals surface area contributed by atoms with Crippen molar-refractivity contribution in [1.82, 2.24) is 10.2 Å². The van der Waals surface area contributed by atoms with Crippen molar-refractivity contribution in [3.8, 4) is 0 Å². The molecule has 0 amide bonds. The summed E-state index contributed by atoms with van der Waals surface area (Å²) >= 11 is 0. The van der Waals surface area contributed by atoms with Crippen LogP contribution < -0.4 is 16.8 Å². The monoisotopic (exact) mass is 156 g/mol. The van der Waals surface area contributed by atoms with Gasteiger partial charge in [0.2, 0.25) is 0 Å². The Bertz CT molecular complexity index is 183. The number of nitrogens with one attached hydrogen (secondary N) is 1. The van der Waals surface area contributed by atoms with E-state index in [0.29, 0.717) is 0 Å². The van der Waals surface area contributed by atoms with E-state index in [2.05, 4.69) is 10.2 Å². The number of likely N-dealkylation sites (N-methyl/N-ethyl adjacent to an activating group) is 1. The van der Waals surface area contributed by atoms with Gasteiger partial charge in [0.15, 0.2) is 0 Å². The van der Waals surface area contributed by atoms with Gasteiger partial charge in [0.1, 0.15) is 5.66 Å². The predicted octanol–water partition coefficient (Wildman–Crippen LogP) is -1.72. The maximum atomic E-state index is 6.18. The standard InChI is InChI=1S/C7H16N4/c1-11-3-2-6(8)4-10-5-7(6,11)9/h10H,2-5,8-9H2,1H3/t6-,7-/m0/s1. The normalized spacial score (nSPS) is 51.5. The van der Waals surface area contributed by atoms with Crippen molar-refractivity contribution in [1.29, 1.82) is 0 Å². The Morgan fingerprint density at radius 2 is 2.09 bits per heavy atom. The van der Waals surface area contributed by atoms with E-state index < -0.39 is 0 Å². The third-order valence-corrected chi connectivity index (χ3v) is 3.27. The van der Waals surface area contributed by atoms with Crippen molar-refractivity contribution in [2.45, 2.75) is 17.6 Å². The second-order valence-electron chi connectivity index (χ2n) is 3.86. The first-order valence-corrected chi connectivity index (χ1v) is 4.08. The quantitative estimate of drug-likeness (QED) is 0.390. The second kappa shape index (κ2) is 1.95. The van der Waals surface area contributed by atoms with Gasteiger partial charge in [-0.25, -0.2) is 0 Å². The molecule has 0 saturated carbocycles. The molecule has 0 aromatic rings. The highest BCUT2D eigenvalue weighted by Crippen LogP contribution is 2.33. The van der Waals surface area contributed by atoms with E-state index in [0.717, 1.165) is 26.1 Å². The van der Waals surface area contributed by atoms with Crippen molar-refractivity contribution in [3.63, 3.8) is 0 Å². The molecule has 0 aliphatic carbocycles. The molecule has 4 heteroatoms. The number of hydrogen-bond donors (Lipinski definition) is 3. The molecule has 4 nitrogen and oxygen atoms in total. The molecule has 2 saturated heterocycles. The van der Waals surface area contributed by atoms with Crippen LogP contribution in [0.15, 0.2) is 0 Å². The van der Waals surface area contributed by atoms with E-state index in [-0.39, 0.29) is 11.2 Å². The van der Waals surface area contributed by atoms with Crippen LogP contribution in [0.1, 0.15) is 6.42 Å². The largest absolute Gasteiger partial charge is 0.321 e. The summed E-state index contributed by atoms with van der Waals surface area (Å²) in [6, 6.07) is 0. The minimum Gasteiger partial charge on any atom is -0.321 e. The van der Waals surface area contributed by atoms with Crippen molar-refractivity contribution >= 4 is 0 Å². The van der Waals surface area contributed by atoms with E-state index in [1.54, 1.807) is 0 Å². The summed E-state index contributed by atoms with van der Waals surface area (Å²) in [6.07, 6.45) is 1.01. The first-order chi connectivity index (χ1) is 5.08. The molecule has 5 N–H and O–H groups in total. The van der Waals surface area contributed by atoms with Crippen molar-refractivity contribution in [2.75, 3.05) is 26.7 Å². The van der Waals surface area contributed by atoms with Crippen LogP contribution in [0.5, 0.6) is 0 Å². The molecule has 0 unspecified atom stereocenters. The van der Waals surface area contributed by atoms with Crippen molar-refractivity contribution < 1.29 is 0 Å². The van der Waals surface area contributed by atoms with E-state index >= 15 is 0 Å². The number of nitrogens with two attached hydrogens (primary N) is 2. The molecule has 2 aliphatic rings. The summed E-state index contributed by atoms with van der Waals surface area (Å²) in [6.45, 7) is 2.70. The van der Waals surface area contributed by atoms with Crippen LogP contribution in [-0.2, 0) is 0 Å². The highest BCUT2D eigenvalue weighted by molar-refractivity contribution is 5.17. The fourth-order valence-electron chi connectivity index (χ4n) is 2.19. The van der Waals surface area contributed by atoms with Gasteiger partial charge in [-0.2, -0.15) is 0 Å². The van der Waals surface area contributed by atoms with Gasteiger partial charge in [-0.1, -0.05) is 0 Å². The molecule has 0 spiro atoms. The Labute approximate surface area is 66.9 Å². The third kappa shape index (κ3) is 0.727. The van der Waals surface area contributed by atoms with Gasteiger partial charge in [-0.05, 0) is 13.5 Å². The second-order valence-corrected chi connectivity index (χ2v) is 3.86. The number of likely N-dealkylation sites (tertiary alicyclic amines) is 1. The zero-order chi connectivity index (χ0) is 8.11. The highest BCUT2D eigenvalue weighted by atomic mass is 15.4. The Kier molecular flexibility index (Phi) is 1.33. The van der Waals surface area contributed by atoms with Gasteiger partial charge in [-0.3, -0.25) is 4.90 Å². The first kappa shape index (κ1) is 7.49. The molecular weight excluding hydrogens is 140 g/mol. The smallest absolute Gasteiger partial charge is 0.101 e. The lowest BCUT2D eigenvalue weighted by molar-refractivity contribution is 0.157. The minimum atomic E-state index is -0.299. The van der Waals surface area contributed by atoms with Crippen molar-refractivity contribution in [3.05, 3.63) is 0 Å². The lowest BCUT2D eigenvalue weighted by Gasteiger charge is -2.36. The Balaban J connectivity index is 2.33. The Hall–Kier alpha value is -0.160. The lowest BCUT2D eigenvalue weighted by atomic mass is 9.90. The molecule has 0 bridgehead atoms. The topological polar surface area (TPSA) is 67.3 Å². The molecule has 0 radical (unpaired) electrons. The molecular formula is C7H16N4. The van der Waals surface area contributed by atoms with E-state index in [1.807, 2.05) is 7.05 Å². The zero-order valence-electron chi connectivity index (χ0n) is 6.93. The van der Waals surface area contributed by atoms with E-state index in [1.165, 1.54) is 0 Å². The maximum absolute atomic E-state index is 6.18. The zero-order valence-corrected chi connectivity index (χ0v) is 6.93. The highest BCUT2D eigenvalue weighted by Gasteiger charge is 2.56. The van der Waals surface area contributed by atoms with Gasteiger partial charge in [-0.15, -0.1) is 0 Å². The van der Waals surface area contributed by atoms with Crippen LogP contribution in [0.4, 0.5) is 0 Å². The number of hydrogen-bond acceptors (Lipinski definition) is 4. The SMILES string of the molecule is CN1CC[C@]2(N)CNC[C@]12N. The molecule has 0 aromatic carbocycles. The molecule has 2 aliphatic heterocycles. The van der Waals surface area contributed by atoms with Crippen LogP contribution >= 0.6 is 0 Å². The summed E-state index contributed by atoms with van der Waals surface area (Å²) in [5.74, 6) is 0. The summed E-state index contributed by atoms with van der Waals surface area (Å²) < 4.78 is 0. The van der Waals surface area contributed by atoms with E-state index in [9.17, 15) is 0 Å². The predicted molar refractivity (Wildman–Crippen MR) is 44.0 cm³/mol. The maximum Gasteiger partial charge on any atom is 0.101 e. The molecule has 64 valence electrons. The molecule has 2 atom stereocenters. The first-order valence-electron chi connectivity index (χ1n) is 4.08. The van der Waals surface area contributed by atoms with Crippen LogP contribution in [-0.4, -0.2) is 42.8 Å². The average Bonchev–Trinajstić information content (AvgIpc) is 2.34. The van der Waals surface area contributed by atoms with Gasteiger partial charge >= 0.3 is 0 Å². The number of fused-ring (bicyclic) bond motifs is 1. The van der Waals surface area contributed by atoms with Crippen molar-refractivity contribution in [2.24, 2.45) is 11.5 Å². The number of rotatable bonds is 0. The molecule has 0 aromatic heterocycles. The van der Waals surface area contributed by atoms with Crippen LogP contribution in [0.2, 0.25) is 0 Å². The summed E-state index contributed by atoms with van der Waals surface area (Å²) in [4.78, 5) is 2.16. The van der Waals surface area contributed by atoms with Crippen LogP contribution in [0.25, 0.3) is 0 Å². The van der Waals surface area contributed by atoms with Gasteiger partial charge in [0, 0.05) is 19.6 Å². The minimum absolute atomic E-state index is 0.193. The molecule has 11 heavy (non-hydrogen) atoms. The Morgan fingerprint density at radius 3 is 2.73 bits per heavy atom. The van der Waals surface area contributed by atoms with Gasteiger partial charge in [0.05, 0.1) is 5.54 Å². The third-order valence-electron chi connectivity index (χ3n) is 3.27. The summed E-state index contributed by atoms with van der Waals surface area (Å²) in [7, 11) is 2.04. The fraction of sp³-hybridized carbons (Fsp3) is 1.00. The summed E-state index contributed by atoms with van der Waals surface area (Å²) in [5, 5.41) is 3.24. The number of nitrogens with zero attached hydrogens (tertiary/aromatic N) is 1. The van der Waals surface area contributed by atoms with Crippen LogP contribution in [0, 0.1) is 0 Å². The van der Waals surface area contributed by atoms with Crippen LogP contribution in [0.3, 0.4) is 0 Å². The average molecular weight is 156 g/mol. The van der Waals surface area contributed by atoms with Gasteiger partial charge in [0.25, 0.3) is 0 Å².